The zero-order valence-electron chi connectivity index (χ0n) is 9.01. The molecule has 0 unspecified atom stereocenters. The second kappa shape index (κ2) is 4.66. The van der Waals surface area contributed by atoms with Crippen molar-refractivity contribution in [1.82, 2.24) is 4.57 Å². The number of benzene rings is 1. The lowest BCUT2D eigenvalue weighted by Gasteiger charge is -2.00. The molecule has 2 rings (SSSR count). The zero-order valence-corrected chi connectivity index (χ0v) is 9.01. The number of hydrogen-bond acceptors (Lipinski definition) is 2. The van der Waals surface area contributed by atoms with Crippen LogP contribution in [-0.4, -0.2) is 17.3 Å². The lowest BCUT2D eigenvalue weighted by Crippen LogP contribution is -2.11. The fraction of sp³-hybridized carbons (Fsp3) is 0.154. The lowest BCUT2D eigenvalue weighted by atomic mass is 10.1. The summed E-state index contributed by atoms with van der Waals surface area (Å²) < 4.78 is 6.20. The van der Waals surface area contributed by atoms with E-state index < -0.39 is 6.09 Å². The van der Waals surface area contributed by atoms with Crippen LogP contribution in [-0.2, 0) is 4.74 Å². The summed E-state index contributed by atoms with van der Waals surface area (Å²) in [6.07, 6.45) is 4.21. The summed E-state index contributed by atoms with van der Waals surface area (Å²) in [5.41, 5.74) is 1.92. The number of hydrogen-bond donors (Lipinski definition) is 0. The summed E-state index contributed by atoms with van der Waals surface area (Å²) in [7, 11) is 0. The van der Waals surface area contributed by atoms with E-state index >= 15 is 0 Å². The van der Waals surface area contributed by atoms with Crippen LogP contribution in [0.15, 0.2) is 42.6 Å². The van der Waals surface area contributed by atoms with Crippen molar-refractivity contribution in [3.05, 3.63) is 48.8 Å². The van der Waals surface area contributed by atoms with Gasteiger partial charge in [0, 0.05) is 11.8 Å². The average Bonchev–Trinajstić information content (AvgIpc) is 2.80. The minimum absolute atomic E-state index is 0.367. The van der Waals surface area contributed by atoms with Crippen LogP contribution in [0.1, 0.15) is 6.92 Å². The van der Waals surface area contributed by atoms with E-state index in [4.69, 9.17) is 4.74 Å². The smallest absolute Gasteiger partial charge is 0.418 e. The Labute approximate surface area is 94.3 Å². The first-order valence-corrected chi connectivity index (χ1v) is 5.14. The number of carbonyl (C=O) groups is 1. The van der Waals surface area contributed by atoms with Gasteiger partial charge >= 0.3 is 6.09 Å². The third kappa shape index (κ3) is 2.14. The van der Waals surface area contributed by atoms with Crippen molar-refractivity contribution >= 4 is 6.09 Å². The van der Waals surface area contributed by atoms with Gasteiger partial charge in [0.15, 0.2) is 0 Å². The molecule has 0 fully saturated rings. The normalized spacial score (nSPS) is 10.1. The summed E-state index contributed by atoms with van der Waals surface area (Å²) in [4.78, 5) is 11.4. The Morgan fingerprint density at radius 2 is 2.06 bits per heavy atom. The largest absolute Gasteiger partial charge is 0.449 e. The van der Waals surface area contributed by atoms with Crippen LogP contribution >= 0.6 is 0 Å². The lowest BCUT2D eigenvalue weighted by molar-refractivity contribution is 0.154. The van der Waals surface area contributed by atoms with Crippen molar-refractivity contribution in [2.75, 3.05) is 6.61 Å². The van der Waals surface area contributed by atoms with Gasteiger partial charge in [0.05, 0.1) is 12.8 Å². The molecular weight excluding hydrogens is 202 g/mol. The van der Waals surface area contributed by atoms with E-state index in [2.05, 4.69) is 6.20 Å². The van der Waals surface area contributed by atoms with Crippen LogP contribution in [0.5, 0.6) is 0 Å². The topological polar surface area (TPSA) is 31.2 Å². The predicted molar refractivity (Wildman–Crippen MR) is 61.1 cm³/mol. The van der Waals surface area contributed by atoms with Gasteiger partial charge in [-0.1, -0.05) is 30.3 Å². The van der Waals surface area contributed by atoms with Gasteiger partial charge in [0.25, 0.3) is 0 Å². The Hall–Kier alpha value is -2.03. The molecule has 2 aromatic rings. The molecule has 0 saturated heterocycles. The first-order chi connectivity index (χ1) is 7.81. The van der Waals surface area contributed by atoms with Crippen LogP contribution in [0.3, 0.4) is 0 Å². The van der Waals surface area contributed by atoms with Crippen LogP contribution in [0.2, 0.25) is 0 Å². The third-order valence-electron chi connectivity index (χ3n) is 2.18. The van der Waals surface area contributed by atoms with Crippen LogP contribution < -0.4 is 0 Å². The molecule has 1 radical (unpaired) electrons. The molecule has 1 heterocycles. The first kappa shape index (κ1) is 10.5. The van der Waals surface area contributed by atoms with Gasteiger partial charge < -0.3 is 4.74 Å². The Balaban J connectivity index is 2.23. The molecule has 0 N–H and O–H groups in total. The molecule has 1 aromatic heterocycles. The number of carbonyl (C=O) groups excluding carboxylic acids is 1. The van der Waals surface area contributed by atoms with Gasteiger partial charge in [-0.05, 0) is 18.6 Å². The van der Waals surface area contributed by atoms with Gasteiger partial charge in [0.2, 0.25) is 0 Å². The molecule has 0 aliphatic rings. The highest BCUT2D eigenvalue weighted by atomic mass is 16.5. The van der Waals surface area contributed by atoms with Crippen molar-refractivity contribution in [1.29, 1.82) is 0 Å². The van der Waals surface area contributed by atoms with Crippen molar-refractivity contribution in [3.63, 3.8) is 0 Å². The van der Waals surface area contributed by atoms with E-state index in [-0.39, 0.29) is 0 Å². The number of ether oxygens (including phenoxy) is 1. The molecule has 0 saturated carbocycles. The Morgan fingerprint density at radius 1 is 1.31 bits per heavy atom. The molecule has 3 nitrogen and oxygen atoms in total. The van der Waals surface area contributed by atoms with Crippen molar-refractivity contribution < 1.29 is 9.53 Å². The van der Waals surface area contributed by atoms with Crippen LogP contribution in [0.25, 0.3) is 11.1 Å². The molecule has 0 aliphatic carbocycles. The molecular formula is C13H12NO2. The van der Waals surface area contributed by atoms with E-state index in [1.807, 2.05) is 36.4 Å². The highest BCUT2D eigenvalue weighted by molar-refractivity contribution is 5.73. The van der Waals surface area contributed by atoms with Crippen molar-refractivity contribution in [2.24, 2.45) is 0 Å². The Morgan fingerprint density at radius 3 is 2.75 bits per heavy atom. The summed E-state index contributed by atoms with van der Waals surface area (Å²) in [5.74, 6) is 0. The van der Waals surface area contributed by atoms with Crippen LogP contribution in [0.4, 0.5) is 4.79 Å². The molecule has 16 heavy (non-hydrogen) atoms. The standard InChI is InChI=1S/C13H12NO2/c1-2-16-13(15)14-9-8-12(10-14)11-6-4-3-5-7-11/h3-9H,2H2,1H3. The van der Waals surface area contributed by atoms with E-state index in [0.717, 1.165) is 11.1 Å². The second-order valence-electron chi connectivity index (χ2n) is 3.28. The average molecular weight is 214 g/mol. The second-order valence-corrected chi connectivity index (χ2v) is 3.28. The van der Waals surface area contributed by atoms with Crippen LogP contribution in [0, 0.1) is 6.20 Å². The minimum Gasteiger partial charge on any atom is -0.449 e. The molecule has 1 aromatic carbocycles. The van der Waals surface area contributed by atoms with Gasteiger partial charge in [-0.2, -0.15) is 0 Å². The minimum atomic E-state index is -0.398. The van der Waals surface area contributed by atoms with E-state index in [1.54, 1.807) is 13.1 Å². The summed E-state index contributed by atoms with van der Waals surface area (Å²) in [6.45, 7) is 2.14. The number of nitrogens with zero attached hydrogens (tertiary/aromatic N) is 1. The molecule has 3 heteroatoms. The molecule has 81 valence electrons. The molecule has 0 amide bonds. The van der Waals surface area contributed by atoms with E-state index in [0.29, 0.717) is 6.61 Å². The molecule has 0 spiro atoms. The first-order valence-electron chi connectivity index (χ1n) is 5.14. The van der Waals surface area contributed by atoms with Crippen molar-refractivity contribution in [2.45, 2.75) is 6.92 Å². The molecule has 0 aliphatic heterocycles. The molecule has 0 atom stereocenters. The quantitative estimate of drug-likeness (QED) is 0.769. The molecule has 0 bridgehead atoms. The Kier molecular flexibility index (Phi) is 3.05. The van der Waals surface area contributed by atoms with Gasteiger partial charge in [0.1, 0.15) is 0 Å². The third-order valence-corrected chi connectivity index (χ3v) is 2.18. The van der Waals surface area contributed by atoms with E-state index in [9.17, 15) is 4.79 Å². The fourth-order valence-electron chi connectivity index (χ4n) is 1.43. The van der Waals surface area contributed by atoms with Gasteiger partial charge in [-0.25, -0.2) is 4.79 Å². The fourth-order valence-corrected chi connectivity index (χ4v) is 1.43. The predicted octanol–water partition coefficient (Wildman–Crippen LogP) is 2.96. The highest BCUT2D eigenvalue weighted by Gasteiger charge is 2.07. The number of rotatable bonds is 2. The Bertz CT molecular complexity index is 474. The maximum Gasteiger partial charge on any atom is 0.418 e. The maximum atomic E-state index is 11.4. The summed E-state index contributed by atoms with van der Waals surface area (Å²) in [5, 5.41) is 0. The summed E-state index contributed by atoms with van der Waals surface area (Å²) >= 11 is 0. The number of aromatic nitrogens is 1. The monoisotopic (exact) mass is 214 g/mol. The highest BCUT2D eigenvalue weighted by Crippen LogP contribution is 2.18. The van der Waals surface area contributed by atoms with Crippen molar-refractivity contribution in [3.8, 4) is 11.1 Å². The van der Waals surface area contributed by atoms with Gasteiger partial charge in [-0.3, -0.25) is 4.57 Å². The zero-order chi connectivity index (χ0) is 11.4. The SMILES string of the molecule is CCOC(=O)n1[c]c(-c2ccccc2)cc1. The van der Waals surface area contributed by atoms with E-state index in [1.165, 1.54) is 4.57 Å². The van der Waals surface area contributed by atoms with Gasteiger partial charge in [-0.15, -0.1) is 0 Å². The maximum absolute atomic E-state index is 11.4. The summed E-state index contributed by atoms with van der Waals surface area (Å²) in [6, 6.07) is 11.6.